The number of nitrogens with zero attached hydrogens (tertiary/aromatic N) is 5. The molecule has 0 radical (unpaired) electrons. The Morgan fingerprint density at radius 2 is 1.85 bits per heavy atom. The van der Waals surface area contributed by atoms with Gasteiger partial charge in [0.05, 0.1) is 16.6 Å². The van der Waals surface area contributed by atoms with Crippen molar-refractivity contribution < 1.29 is 22.7 Å². The molecule has 0 bridgehead atoms. The number of hydrogen-bond donors (Lipinski definition) is 0. The molecule has 0 unspecified atom stereocenters. The maximum Gasteiger partial charge on any atom is 0.410 e. The van der Waals surface area contributed by atoms with Crippen molar-refractivity contribution in [3.8, 4) is 5.88 Å². The van der Waals surface area contributed by atoms with Crippen LogP contribution in [0.2, 0.25) is 0 Å². The molecule has 10 nitrogen and oxygen atoms in total. The van der Waals surface area contributed by atoms with Crippen LogP contribution < -0.4 is 9.64 Å². The predicted octanol–water partition coefficient (Wildman–Crippen LogP) is 2.78. The number of ether oxygens (including phenoxy) is 2. The Bertz CT molecular complexity index is 1090. The van der Waals surface area contributed by atoms with Crippen LogP contribution in [0.25, 0.3) is 0 Å². The lowest BCUT2D eigenvalue weighted by atomic mass is 10.1. The zero-order valence-corrected chi connectivity index (χ0v) is 20.4. The third-order valence-electron chi connectivity index (χ3n) is 5.46. The highest BCUT2D eigenvalue weighted by atomic mass is 35.5. The van der Waals surface area contributed by atoms with Gasteiger partial charge in [0.2, 0.25) is 5.88 Å². The number of pyridine rings is 1. The van der Waals surface area contributed by atoms with Gasteiger partial charge in [0.25, 0.3) is 0 Å². The number of anilines is 2. The van der Waals surface area contributed by atoms with Gasteiger partial charge >= 0.3 is 6.09 Å². The zero-order valence-electron chi connectivity index (χ0n) is 18.8. The van der Waals surface area contributed by atoms with Gasteiger partial charge in [0.1, 0.15) is 24.1 Å². The molecule has 1 amide bonds. The van der Waals surface area contributed by atoms with Gasteiger partial charge < -0.3 is 19.3 Å². The molecule has 180 valence electrons. The first-order chi connectivity index (χ1) is 15.2. The maximum absolute atomic E-state index is 12.1. The average molecular weight is 498 g/mol. The molecule has 0 saturated carbocycles. The van der Waals surface area contributed by atoms with Crippen LogP contribution in [0, 0.1) is 0 Å². The van der Waals surface area contributed by atoms with Gasteiger partial charge in [-0.05, 0) is 32.4 Å². The van der Waals surface area contributed by atoms with E-state index in [0.717, 1.165) is 11.8 Å². The lowest BCUT2D eigenvalue weighted by Gasteiger charge is -2.32. The summed E-state index contributed by atoms with van der Waals surface area (Å²) < 4.78 is 34.8. The molecular formula is C21H28ClN5O5S. The highest BCUT2D eigenvalue weighted by Crippen LogP contribution is 2.36. The van der Waals surface area contributed by atoms with E-state index in [1.165, 1.54) is 12.5 Å². The fourth-order valence-corrected chi connectivity index (χ4v) is 4.39. The van der Waals surface area contributed by atoms with E-state index in [2.05, 4.69) is 15.0 Å². The van der Waals surface area contributed by atoms with Gasteiger partial charge in [-0.3, -0.25) is 0 Å². The summed E-state index contributed by atoms with van der Waals surface area (Å²) in [6.07, 6.45) is 5.61. The molecule has 1 saturated heterocycles. The summed E-state index contributed by atoms with van der Waals surface area (Å²) in [5.74, 6) is 1.89. The maximum atomic E-state index is 12.1. The number of piperidine rings is 1. The standard InChI is InChI=1S/C21H27N5O5S.ClH/c1-14(2)30-21(27)25-9-6-15(7-10-25)31-20-17-8-11-26(19(17)23-13-24-20)18-5-4-16(12-22-18)32(3,28)29;/h4-5,12-15H,6-11H2,1-3H3;1H. The van der Waals surface area contributed by atoms with Crippen LogP contribution in [-0.2, 0) is 21.0 Å². The van der Waals surface area contributed by atoms with E-state index in [-0.39, 0.29) is 35.6 Å². The Hall–Kier alpha value is -2.66. The van der Waals surface area contributed by atoms with Crippen molar-refractivity contribution in [2.75, 3.05) is 30.8 Å². The van der Waals surface area contributed by atoms with E-state index in [1.54, 1.807) is 17.0 Å². The Morgan fingerprint density at radius 1 is 1.12 bits per heavy atom. The van der Waals surface area contributed by atoms with E-state index >= 15 is 0 Å². The second-order valence-corrected chi connectivity index (χ2v) is 10.3. The molecule has 0 atom stereocenters. The monoisotopic (exact) mass is 497 g/mol. The van der Waals surface area contributed by atoms with Crippen molar-refractivity contribution in [3.63, 3.8) is 0 Å². The van der Waals surface area contributed by atoms with Crippen LogP contribution in [0.3, 0.4) is 0 Å². The predicted molar refractivity (Wildman–Crippen MR) is 124 cm³/mol. The molecular weight excluding hydrogens is 470 g/mol. The molecule has 4 rings (SSSR count). The number of carbonyl (C=O) groups is 1. The number of rotatable bonds is 5. The lowest BCUT2D eigenvalue weighted by molar-refractivity contribution is 0.0505. The second kappa shape index (κ2) is 10.1. The van der Waals surface area contributed by atoms with Gasteiger partial charge in [-0.25, -0.2) is 28.2 Å². The SMILES string of the molecule is CC(C)OC(=O)N1CCC(Oc2ncnc3c2CCN3c2ccc(S(C)(=O)=O)cn2)CC1.Cl. The highest BCUT2D eigenvalue weighted by Gasteiger charge is 2.30. The van der Waals surface area contributed by atoms with Crippen LogP contribution in [0.1, 0.15) is 32.3 Å². The van der Waals surface area contributed by atoms with Crippen molar-refractivity contribution >= 4 is 40.0 Å². The largest absolute Gasteiger partial charge is 0.474 e. The van der Waals surface area contributed by atoms with Gasteiger partial charge in [-0.1, -0.05) is 0 Å². The summed E-state index contributed by atoms with van der Waals surface area (Å²) in [5, 5.41) is 0. The number of halogens is 1. The van der Waals surface area contributed by atoms with Crippen LogP contribution in [0.4, 0.5) is 16.4 Å². The topological polar surface area (TPSA) is 115 Å². The first kappa shape index (κ1) is 25.0. The summed E-state index contributed by atoms with van der Waals surface area (Å²) in [6, 6.07) is 3.23. The highest BCUT2D eigenvalue weighted by molar-refractivity contribution is 7.90. The summed E-state index contributed by atoms with van der Waals surface area (Å²) in [7, 11) is -3.30. The van der Waals surface area contributed by atoms with Crippen molar-refractivity contribution in [2.24, 2.45) is 0 Å². The van der Waals surface area contributed by atoms with Gasteiger partial charge in [0.15, 0.2) is 9.84 Å². The van der Waals surface area contributed by atoms with Crippen LogP contribution in [0.15, 0.2) is 29.6 Å². The number of aromatic nitrogens is 3. The van der Waals surface area contributed by atoms with E-state index in [9.17, 15) is 13.2 Å². The molecule has 0 N–H and O–H groups in total. The minimum absolute atomic E-state index is 0. The second-order valence-electron chi connectivity index (χ2n) is 8.24. The zero-order chi connectivity index (χ0) is 22.9. The molecule has 12 heteroatoms. The Kier molecular flexibility index (Phi) is 7.63. The quantitative estimate of drug-likeness (QED) is 0.614. The first-order valence-electron chi connectivity index (χ1n) is 10.6. The molecule has 0 spiro atoms. The van der Waals surface area contributed by atoms with Crippen molar-refractivity contribution in [3.05, 3.63) is 30.2 Å². The number of sulfone groups is 1. The summed E-state index contributed by atoms with van der Waals surface area (Å²) >= 11 is 0. The number of amides is 1. The molecule has 33 heavy (non-hydrogen) atoms. The molecule has 2 aromatic heterocycles. The van der Waals surface area contributed by atoms with Crippen LogP contribution in [0.5, 0.6) is 5.88 Å². The average Bonchev–Trinajstić information content (AvgIpc) is 3.18. The van der Waals surface area contributed by atoms with Crippen LogP contribution in [-0.4, -0.2) is 72.5 Å². The first-order valence-corrected chi connectivity index (χ1v) is 12.5. The minimum atomic E-state index is -3.30. The molecule has 0 aromatic carbocycles. The summed E-state index contributed by atoms with van der Waals surface area (Å²) in [6.45, 7) is 5.47. The Balaban J connectivity index is 0.00000306. The minimum Gasteiger partial charge on any atom is -0.474 e. The van der Waals surface area contributed by atoms with E-state index in [0.29, 0.717) is 56.4 Å². The summed E-state index contributed by atoms with van der Waals surface area (Å²) in [4.78, 5) is 29.0. The van der Waals surface area contributed by atoms with E-state index in [4.69, 9.17) is 9.47 Å². The number of hydrogen-bond acceptors (Lipinski definition) is 9. The van der Waals surface area contributed by atoms with Crippen molar-refractivity contribution in [2.45, 2.75) is 50.2 Å². The Morgan fingerprint density at radius 3 is 2.45 bits per heavy atom. The smallest absolute Gasteiger partial charge is 0.410 e. The van der Waals surface area contributed by atoms with Gasteiger partial charge in [-0.15, -0.1) is 12.4 Å². The molecule has 2 aliphatic heterocycles. The van der Waals surface area contributed by atoms with Gasteiger partial charge in [0, 0.05) is 44.9 Å². The molecule has 4 heterocycles. The molecule has 0 aliphatic carbocycles. The van der Waals surface area contributed by atoms with E-state index in [1.807, 2.05) is 18.7 Å². The van der Waals surface area contributed by atoms with Crippen LogP contribution >= 0.6 is 12.4 Å². The normalized spacial score (nSPS) is 16.4. The fourth-order valence-electron chi connectivity index (χ4n) is 3.83. The number of fused-ring (bicyclic) bond motifs is 1. The third-order valence-corrected chi connectivity index (χ3v) is 6.56. The third kappa shape index (κ3) is 5.64. The lowest BCUT2D eigenvalue weighted by Crippen LogP contribution is -2.42. The molecule has 2 aliphatic rings. The summed E-state index contributed by atoms with van der Waals surface area (Å²) in [5.41, 5.74) is 0.906. The molecule has 1 fully saturated rings. The molecule has 2 aromatic rings. The Labute approximate surface area is 199 Å². The number of carbonyl (C=O) groups excluding carboxylic acids is 1. The van der Waals surface area contributed by atoms with Crippen molar-refractivity contribution in [1.29, 1.82) is 0 Å². The van der Waals surface area contributed by atoms with Gasteiger partial charge in [-0.2, -0.15) is 0 Å². The van der Waals surface area contributed by atoms with E-state index < -0.39 is 9.84 Å². The number of likely N-dealkylation sites (tertiary alicyclic amines) is 1. The van der Waals surface area contributed by atoms with Crippen molar-refractivity contribution in [1.82, 2.24) is 19.9 Å². The fraction of sp³-hybridized carbons (Fsp3) is 0.524.